The van der Waals surface area contributed by atoms with E-state index in [1.807, 2.05) is 11.8 Å². The molecule has 0 bridgehead atoms. The van der Waals surface area contributed by atoms with E-state index in [-0.39, 0.29) is 11.5 Å². The summed E-state index contributed by atoms with van der Waals surface area (Å²) in [6.07, 6.45) is 4.82. The lowest BCUT2D eigenvalue weighted by atomic mass is 10.1. The molecule has 5 nitrogen and oxygen atoms in total. The number of carbonyl (C=O) groups is 1. The number of aromatic nitrogens is 2. The van der Waals surface area contributed by atoms with Crippen molar-refractivity contribution in [1.82, 2.24) is 14.5 Å². The average molecular weight is 347 g/mol. The van der Waals surface area contributed by atoms with Gasteiger partial charge in [0.25, 0.3) is 11.5 Å². The molecule has 0 fully saturated rings. The average Bonchev–Trinajstić information content (AvgIpc) is 2.91. The van der Waals surface area contributed by atoms with Gasteiger partial charge in [-0.15, -0.1) is 11.3 Å². The normalized spacial score (nSPS) is 14.0. The van der Waals surface area contributed by atoms with Gasteiger partial charge in [-0.1, -0.05) is 13.8 Å². The number of amides is 1. The summed E-state index contributed by atoms with van der Waals surface area (Å²) >= 11 is 1.38. The van der Waals surface area contributed by atoms with Crippen LogP contribution in [0.4, 0.5) is 0 Å². The highest BCUT2D eigenvalue weighted by Crippen LogP contribution is 2.29. The van der Waals surface area contributed by atoms with E-state index in [2.05, 4.69) is 13.8 Å². The van der Waals surface area contributed by atoms with Crippen LogP contribution in [0.2, 0.25) is 0 Å². The van der Waals surface area contributed by atoms with Gasteiger partial charge in [0.1, 0.15) is 10.7 Å². The van der Waals surface area contributed by atoms with Gasteiger partial charge in [-0.3, -0.25) is 14.2 Å². The van der Waals surface area contributed by atoms with Crippen LogP contribution >= 0.6 is 11.3 Å². The van der Waals surface area contributed by atoms with Crippen LogP contribution in [0.15, 0.2) is 4.79 Å². The summed E-state index contributed by atoms with van der Waals surface area (Å²) in [6.45, 7) is 8.30. The van der Waals surface area contributed by atoms with Crippen LogP contribution in [0, 0.1) is 6.92 Å². The highest BCUT2D eigenvalue weighted by Gasteiger charge is 2.24. The fraction of sp³-hybridized carbons (Fsp3) is 0.611. The number of aryl methyl sites for hydroxylation is 2. The molecule has 6 heteroatoms. The Bertz CT molecular complexity index is 816. The van der Waals surface area contributed by atoms with Gasteiger partial charge in [0.05, 0.1) is 10.3 Å². The fourth-order valence-corrected chi connectivity index (χ4v) is 4.59. The zero-order valence-electron chi connectivity index (χ0n) is 14.7. The van der Waals surface area contributed by atoms with E-state index in [0.29, 0.717) is 10.3 Å². The molecular formula is C18H25N3O2S. The highest BCUT2D eigenvalue weighted by molar-refractivity contribution is 7.20. The number of rotatable bonds is 5. The Morgan fingerprint density at radius 3 is 2.62 bits per heavy atom. The second kappa shape index (κ2) is 7.05. The van der Waals surface area contributed by atoms with Gasteiger partial charge < -0.3 is 4.90 Å². The molecule has 0 unspecified atom stereocenters. The Hall–Kier alpha value is -1.69. The number of fused-ring (bicyclic) bond motifs is 2. The van der Waals surface area contributed by atoms with Crippen LogP contribution in [0.5, 0.6) is 0 Å². The molecule has 1 aliphatic heterocycles. The van der Waals surface area contributed by atoms with Crippen molar-refractivity contribution >= 4 is 27.5 Å². The summed E-state index contributed by atoms with van der Waals surface area (Å²) in [6, 6.07) is 0. The molecule has 2 aromatic rings. The quantitative estimate of drug-likeness (QED) is 0.833. The highest BCUT2D eigenvalue weighted by atomic mass is 32.1. The summed E-state index contributed by atoms with van der Waals surface area (Å²) in [5.41, 5.74) is 0.829. The summed E-state index contributed by atoms with van der Waals surface area (Å²) in [5, 5.41) is 0.641. The van der Waals surface area contributed by atoms with E-state index < -0.39 is 0 Å². The first-order chi connectivity index (χ1) is 11.6. The van der Waals surface area contributed by atoms with Crippen LogP contribution in [-0.2, 0) is 13.0 Å². The third-order valence-electron chi connectivity index (χ3n) is 4.63. The van der Waals surface area contributed by atoms with Gasteiger partial charge in [0.2, 0.25) is 0 Å². The molecule has 3 rings (SSSR count). The fourth-order valence-electron chi connectivity index (χ4n) is 3.44. The molecule has 130 valence electrons. The molecule has 1 amide bonds. The van der Waals surface area contributed by atoms with Gasteiger partial charge in [0, 0.05) is 26.1 Å². The third-order valence-corrected chi connectivity index (χ3v) is 5.80. The van der Waals surface area contributed by atoms with E-state index in [0.717, 1.165) is 68.0 Å². The molecule has 0 spiro atoms. The first-order valence-corrected chi connectivity index (χ1v) is 9.72. The van der Waals surface area contributed by atoms with Crippen LogP contribution < -0.4 is 5.56 Å². The number of thiophene rings is 1. The van der Waals surface area contributed by atoms with Crippen molar-refractivity contribution in [3.8, 4) is 0 Å². The molecule has 0 radical (unpaired) electrons. The van der Waals surface area contributed by atoms with Gasteiger partial charge in [0.15, 0.2) is 0 Å². The summed E-state index contributed by atoms with van der Waals surface area (Å²) < 4.78 is 1.80. The zero-order chi connectivity index (χ0) is 17.3. The van der Waals surface area contributed by atoms with Crippen molar-refractivity contribution in [3.05, 3.63) is 26.6 Å². The molecule has 0 atom stereocenters. The van der Waals surface area contributed by atoms with Crippen molar-refractivity contribution in [1.29, 1.82) is 0 Å². The van der Waals surface area contributed by atoms with E-state index in [1.54, 1.807) is 4.57 Å². The topological polar surface area (TPSA) is 55.2 Å². The lowest BCUT2D eigenvalue weighted by Gasteiger charge is -2.21. The van der Waals surface area contributed by atoms with Gasteiger partial charge >= 0.3 is 0 Å². The van der Waals surface area contributed by atoms with Gasteiger partial charge in [-0.2, -0.15) is 0 Å². The van der Waals surface area contributed by atoms with Crippen molar-refractivity contribution in [3.63, 3.8) is 0 Å². The Balaban J connectivity index is 2.10. The summed E-state index contributed by atoms with van der Waals surface area (Å²) in [5.74, 6) is 0.916. The van der Waals surface area contributed by atoms with Gasteiger partial charge in [-0.25, -0.2) is 4.98 Å². The second-order valence-electron chi connectivity index (χ2n) is 6.47. The molecule has 1 aliphatic rings. The first-order valence-electron chi connectivity index (χ1n) is 8.90. The zero-order valence-corrected chi connectivity index (χ0v) is 15.5. The number of nitrogens with zero attached hydrogens (tertiary/aromatic N) is 3. The maximum absolute atomic E-state index is 12.9. The monoisotopic (exact) mass is 347 g/mol. The Kier molecular flexibility index (Phi) is 5.04. The Labute approximate surface area is 146 Å². The molecule has 0 aromatic carbocycles. The smallest absolute Gasteiger partial charge is 0.264 e. The molecule has 2 aromatic heterocycles. The SMILES string of the molecule is CCCN(CCC)C(=O)c1sc2nc3n(c(=O)c2c1C)CCCC3. The molecule has 0 saturated carbocycles. The minimum absolute atomic E-state index is 0.0278. The molecule has 0 N–H and O–H groups in total. The number of hydrogen-bond donors (Lipinski definition) is 0. The number of carbonyl (C=O) groups excluding carboxylic acids is 1. The molecule has 24 heavy (non-hydrogen) atoms. The minimum Gasteiger partial charge on any atom is -0.338 e. The number of hydrogen-bond acceptors (Lipinski definition) is 4. The Morgan fingerprint density at radius 2 is 1.96 bits per heavy atom. The molecular weight excluding hydrogens is 322 g/mol. The van der Waals surface area contributed by atoms with Crippen LogP contribution in [0.1, 0.15) is 60.6 Å². The van der Waals surface area contributed by atoms with E-state index in [1.165, 1.54) is 11.3 Å². The minimum atomic E-state index is 0.0278. The second-order valence-corrected chi connectivity index (χ2v) is 7.47. The molecule has 0 aliphatic carbocycles. The van der Waals surface area contributed by atoms with E-state index >= 15 is 0 Å². The maximum Gasteiger partial charge on any atom is 0.264 e. The van der Waals surface area contributed by atoms with Crippen molar-refractivity contribution < 1.29 is 4.79 Å². The maximum atomic E-state index is 12.9. The predicted octanol–water partition coefficient (Wildman–Crippen LogP) is 3.36. The van der Waals surface area contributed by atoms with Crippen LogP contribution in [0.25, 0.3) is 10.2 Å². The lowest BCUT2D eigenvalue weighted by Crippen LogP contribution is -2.32. The first kappa shape index (κ1) is 17.1. The summed E-state index contributed by atoms with van der Waals surface area (Å²) in [7, 11) is 0. The van der Waals surface area contributed by atoms with Crippen molar-refractivity contribution in [2.24, 2.45) is 0 Å². The van der Waals surface area contributed by atoms with Crippen LogP contribution in [0.3, 0.4) is 0 Å². The third kappa shape index (κ3) is 2.88. The Morgan fingerprint density at radius 1 is 1.25 bits per heavy atom. The van der Waals surface area contributed by atoms with Crippen molar-refractivity contribution in [2.45, 2.75) is 59.4 Å². The largest absolute Gasteiger partial charge is 0.338 e. The molecule has 0 saturated heterocycles. The van der Waals surface area contributed by atoms with Gasteiger partial charge in [-0.05, 0) is 38.2 Å². The standard InChI is InChI=1S/C18H25N3O2S/c1-4-9-20(10-5-2)18(23)15-12(3)14-16(24-15)19-13-8-6-7-11-21(13)17(14)22/h4-11H2,1-3H3. The van der Waals surface area contributed by atoms with E-state index in [4.69, 9.17) is 4.98 Å². The predicted molar refractivity (Wildman–Crippen MR) is 98.0 cm³/mol. The van der Waals surface area contributed by atoms with Crippen LogP contribution in [-0.4, -0.2) is 33.4 Å². The van der Waals surface area contributed by atoms with E-state index in [9.17, 15) is 9.59 Å². The summed E-state index contributed by atoms with van der Waals surface area (Å²) in [4.78, 5) is 33.8. The van der Waals surface area contributed by atoms with Crippen molar-refractivity contribution in [2.75, 3.05) is 13.1 Å². The lowest BCUT2D eigenvalue weighted by molar-refractivity contribution is 0.0760. The molecule has 3 heterocycles.